The van der Waals surface area contributed by atoms with Gasteiger partial charge in [-0.15, -0.1) is 0 Å². The van der Waals surface area contributed by atoms with Crippen LogP contribution in [-0.2, 0) is 11.2 Å². The van der Waals surface area contributed by atoms with Gasteiger partial charge in [-0.25, -0.2) is 0 Å². The van der Waals surface area contributed by atoms with Crippen LogP contribution in [0.15, 0.2) is 42.5 Å². The highest BCUT2D eigenvalue weighted by Gasteiger charge is 2.16. The monoisotopic (exact) mass is 367 g/mol. The first-order chi connectivity index (χ1) is 13.1. The first-order valence-corrected chi connectivity index (χ1v) is 9.52. The molecule has 5 nitrogen and oxygen atoms in total. The van der Waals surface area contributed by atoms with Gasteiger partial charge in [0.25, 0.3) is 0 Å². The number of piperazine rings is 1. The van der Waals surface area contributed by atoms with E-state index in [2.05, 4.69) is 41.2 Å². The summed E-state index contributed by atoms with van der Waals surface area (Å²) in [6.07, 6.45) is 1.09. The lowest BCUT2D eigenvalue weighted by Gasteiger charge is -2.35. The van der Waals surface area contributed by atoms with E-state index in [1.54, 1.807) is 7.11 Å². The molecule has 0 aliphatic carbocycles. The number of ether oxygens (including phenoxy) is 1. The van der Waals surface area contributed by atoms with Crippen LogP contribution in [0.5, 0.6) is 5.75 Å². The average Bonchev–Trinajstić information content (AvgIpc) is 2.67. The number of aryl methyl sites for hydroxylation is 2. The fourth-order valence-electron chi connectivity index (χ4n) is 3.52. The van der Waals surface area contributed by atoms with Crippen molar-refractivity contribution in [2.24, 2.45) is 0 Å². The fraction of sp³-hybridized carbons (Fsp3) is 0.409. The Morgan fingerprint density at radius 2 is 1.85 bits per heavy atom. The molecule has 1 N–H and O–H groups in total. The van der Waals surface area contributed by atoms with Crippen molar-refractivity contribution >= 4 is 17.3 Å². The molecule has 1 heterocycles. The first-order valence-electron chi connectivity index (χ1n) is 9.52. The molecule has 1 aliphatic heterocycles. The predicted octanol–water partition coefficient (Wildman–Crippen LogP) is 3.33. The molecule has 1 saturated heterocycles. The molecule has 2 aromatic carbocycles. The third-order valence-corrected chi connectivity index (χ3v) is 5.14. The maximum absolute atomic E-state index is 12.4. The van der Waals surface area contributed by atoms with Crippen molar-refractivity contribution in [3.05, 3.63) is 53.6 Å². The molecule has 5 heteroatoms. The maximum atomic E-state index is 12.4. The van der Waals surface area contributed by atoms with Crippen LogP contribution in [0.4, 0.5) is 11.4 Å². The molecule has 1 fully saturated rings. The largest absolute Gasteiger partial charge is 0.496 e. The second-order valence-electron chi connectivity index (χ2n) is 7.15. The van der Waals surface area contributed by atoms with Crippen LogP contribution in [0.1, 0.15) is 17.5 Å². The number of carbonyl (C=O) groups is 1. The fourth-order valence-corrected chi connectivity index (χ4v) is 3.52. The summed E-state index contributed by atoms with van der Waals surface area (Å²) in [6.45, 7) is 6.36. The number of hydrogen-bond donors (Lipinski definition) is 1. The van der Waals surface area contributed by atoms with Gasteiger partial charge < -0.3 is 19.9 Å². The van der Waals surface area contributed by atoms with E-state index in [-0.39, 0.29) is 5.91 Å². The van der Waals surface area contributed by atoms with Gasteiger partial charge in [0.15, 0.2) is 0 Å². The molecule has 0 bridgehead atoms. The van der Waals surface area contributed by atoms with Gasteiger partial charge >= 0.3 is 0 Å². The Hall–Kier alpha value is -2.53. The quantitative estimate of drug-likeness (QED) is 0.851. The lowest BCUT2D eigenvalue weighted by Crippen LogP contribution is -2.44. The number of rotatable bonds is 6. The number of nitrogens with zero attached hydrogens (tertiary/aromatic N) is 2. The minimum atomic E-state index is 0.0210. The standard InChI is InChI=1S/C22H29N3O2/c1-17-16-19(9-10-20(17)25-14-12-24(2)13-15-25)23-22(26)11-8-18-6-4-5-7-21(18)27-3/h4-7,9-10,16H,8,11-15H2,1-3H3,(H,23,26). The van der Waals surface area contributed by atoms with Crippen molar-refractivity contribution < 1.29 is 9.53 Å². The number of amides is 1. The van der Waals surface area contributed by atoms with Gasteiger partial charge in [-0.2, -0.15) is 0 Å². The summed E-state index contributed by atoms with van der Waals surface area (Å²) in [5.41, 5.74) is 4.37. The normalized spacial score (nSPS) is 14.9. The molecule has 2 aromatic rings. The van der Waals surface area contributed by atoms with Crippen molar-refractivity contribution in [2.45, 2.75) is 19.8 Å². The minimum Gasteiger partial charge on any atom is -0.496 e. The Labute approximate surface area is 161 Å². The molecule has 1 amide bonds. The summed E-state index contributed by atoms with van der Waals surface area (Å²) in [7, 11) is 3.82. The third kappa shape index (κ3) is 5.01. The molecular formula is C22H29N3O2. The van der Waals surface area contributed by atoms with Gasteiger partial charge in [-0.05, 0) is 55.8 Å². The highest BCUT2D eigenvalue weighted by atomic mass is 16.5. The zero-order valence-corrected chi connectivity index (χ0v) is 16.5. The number of para-hydroxylation sites is 1. The van der Waals surface area contributed by atoms with Crippen molar-refractivity contribution in [3.8, 4) is 5.75 Å². The van der Waals surface area contributed by atoms with E-state index in [4.69, 9.17) is 4.74 Å². The first kappa shape index (κ1) is 19.2. The minimum absolute atomic E-state index is 0.0210. The Morgan fingerprint density at radius 3 is 2.56 bits per heavy atom. The summed E-state index contributed by atoms with van der Waals surface area (Å²) in [5, 5.41) is 3.02. The Balaban J connectivity index is 1.57. The van der Waals surface area contributed by atoms with Crippen LogP contribution in [0, 0.1) is 6.92 Å². The lowest BCUT2D eigenvalue weighted by molar-refractivity contribution is -0.116. The molecule has 0 unspecified atom stereocenters. The van der Waals surface area contributed by atoms with Crippen LogP contribution < -0.4 is 15.0 Å². The summed E-state index contributed by atoms with van der Waals surface area (Å²) in [6, 6.07) is 14.0. The zero-order chi connectivity index (χ0) is 19.2. The van der Waals surface area contributed by atoms with Crippen LogP contribution in [0.25, 0.3) is 0 Å². The number of anilines is 2. The summed E-state index contributed by atoms with van der Waals surface area (Å²) >= 11 is 0. The Morgan fingerprint density at radius 1 is 1.11 bits per heavy atom. The average molecular weight is 367 g/mol. The molecular weight excluding hydrogens is 338 g/mol. The summed E-state index contributed by atoms with van der Waals surface area (Å²) in [5.74, 6) is 0.852. The SMILES string of the molecule is COc1ccccc1CCC(=O)Nc1ccc(N2CCN(C)CC2)c(C)c1. The molecule has 0 spiro atoms. The Kier molecular flexibility index (Phi) is 6.35. The maximum Gasteiger partial charge on any atom is 0.224 e. The van der Waals surface area contributed by atoms with Crippen molar-refractivity contribution in [2.75, 3.05) is 50.6 Å². The summed E-state index contributed by atoms with van der Waals surface area (Å²) < 4.78 is 5.35. The van der Waals surface area contributed by atoms with Gasteiger partial charge in [-0.1, -0.05) is 18.2 Å². The highest BCUT2D eigenvalue weighted by Crippen LogP contribution is 2.25. The molecule has 3 rings (SSSR count). The van der Waals surface area contributed by atoms with Gasteiger partial charge in [-0.3, -0.25) is 4.79 Å². The number of nitrogens with one attached hydrogen (secondary N) is 1. The van der Waals surface area contributed by atoms with E-state index >= 15 is 0 Å². The lowest BCUT2D eigenvalue weighted by atomic mass is 10.1. The van der Waals surface area contributed by atoms with E-state index in [9.17, 15) is 4.79 Å². The number of hydrogen-bond acceptors (Lipinski definition) is 4. The van der Waals surface area contributed by atoms with E-state index in [1.165, 1.54) is 11.3 Å². The van der Waals surface area contributed by atoms with Gasteiger partial charge in [0.2, 0.25) is 5.91 Å². The van der Waals surface area contributed by atoms with Crippen LogP contribution in [0.2, 0.25) is 0 Å². The zero-order valence-electron chi connectivity index (χ0n) is 16.5. The molecule has 0 radical (unpaired) electrons. The second kappa shape index (κ2) is 8.91. The number of carbonyl (C=O) groups excluding carboxylic acids is 1. The van der Waals surface area contributed by atoms with Crippen LogP contribution in [-0.4, -0.2) is 51.1 Å². The topological polar surface area (TPSA) is 44.8 Å². The van der Waals surface area contributed by atoms with E-state index in [0.717, 1.165) is 43.2 Å². The molecule has 144 valence electrons. The molecule has 0 aromatic heterocycles. The number of benzene rings is 2. The summed E-state index contributed by atoms with van der Waals surface area (Å²) in [4.78, 5) is 17.1. The highest BCUT2D eigenvalue weighted by molar-refractivity contribution is 5.91. The van der Waals surface area contributed by atoms with E-state index < -0.39 is 0 Å². The molecule has 27 heavy (non-hydrogen) atoms. The molecule has 0 saturated carbocycles. The van der Waals surface area contributed by atoms with Crippen molar-refractivity contribution in [3.63, 3.8) is 0 Å². The third-order valence-electron chi connectivity index (χ3n) is 5.14. The van der Waals surface area contributed by atoms with Crippen LogP contribution >= 0.6 is 0 Å². The number of likely N-dealkylation sites (N-methyl/N-ethyl adjacent to an activating group) is 1. The van der Waals surface area contributed by atoms with E-state index in [0.29, 0.717) is 12.8 Å². The van der Waals surface area contributed by atoms with E-state index in [1.807, 2.05) is 30.3 Å². The molecule has 1 aliphatic rings. The predicted molar refractivity (Wildman–Crippen MR) is 111 cm³/mol. The second-order valence-corrected chi connectivity index (χ2v) is 7.15. The smallest absolute Gasteiger partial charge is 0.224 e. The van der Waals surface area contributed by atoms with Crippen molar-refractivity contribution in [1.82, 2.24) is 4.90 Å². The van der Waals surface area contributed by atoms with Gasteiger partial charge in [0.05, 0.1) is 7.11 Å². The Bertz CT molecular complexity index is 783. The molecule has 0 atom stereocenters. The van der Waals surface area contributed by atoms with Crippen LogP contribution in [0.3, 0.4) is 0 Å². The van der Waals surface area contributed by atoms with Gasteiger partial charge in [0, 0.05) is 44.0 Å². The van der Waals surface area contributed by atoms with Crippen molar-refractivity contribution in [1.29, 1.82) is 0 Å². The van der Waals surface area contributed by atoms with Gasteiger partial charge in [0.1, 0.15) is 5.75 Å². The number of methoxy groups -OCH3 is 1.